The van der Waals surface area contributed by atoms with Crippen molar-refractivity contribution in [3.63, 3.8) is 0 Å². The zero-order chi connectivity index (χ0) is 20.1. The lowest BCUT2D eigenvalue weighted by Crippen LogP contribution is -2.37. The molecule has 1 aliphatic heterocycles. The van der Waals surface area contributed by atoms with Gasteiger partial charge in [-0.1, -0.05) is 71.0 Å². The largest absolute Gasteiger partial charge is 0.382 e. The van der Waals surface area contributed by atoms with Crippen molar-refractivity contribution >= 4 is 11.6 Å². The first-order valence-corrected chi connectivity index (χ1v) is 9.75. The molecule has 0 fully saturated rings. The van der Waals surface area contributed by atoms with Crippen molar-refractivity contribution in [2.24, 2.45) is 5.16 Å². The Morgan fingerprint density at radius 2 is 1.76 bits per heavy atom. The topological polar surface area (TPSA) is 67.9 Å². The summed E-state index contributed by atoms with van der Waals surface area (Å²) in [6.07, 6.45) is 1.44. The van der Waals surface area contributed by atoms with Gasteiger partial charge < -0.3 is 14.3 Å². The van der Waals surface area contributed by atoms with E-state index in [1.54, 1.807) is 11.9 Å². The predicted molar refractivity (Wildman–Crippen MR) is 110 cm³/mol. The van der Waals surface area contributed by atoms with Gasteiger partial charge in [0, 0.05) is 38.1 Å². The monoisotopic (exact) mass is 389 g/mol. The number of aryl methyl sites for hydroxylation is 1. The van der Waals surface area contributed by atoms with Crippen molar-refractivity contribution in [2.45, 2.75) is 25.4 Å². The molecule has 1 unspecified atom stereocenters. The first kappa shape index (κ1) is 18.9. The standard InChI is InChI=1S/C23H23N3O3/c1-26(23(27)22-16-21(25-29-22)18-11-6-3-7-12-18)14-8-13-19-15-20(24-28-19)17-9-4-2-5-10-17/h2-7,9-12,15,22H,8,13-14,16H2,1H3. The number of hydrogen-bond acceptors (Lipinski definition) is 5. The Balaban J connectivity index is 1.25. The summed E-state index contributed by atoms with van der Waals surface area (Å²) in [5.41, 5.74) is 3.66. The second-order valence-corrected chi connectivity index (χ2v) is 7.11. The highest BCUT2D eigenvalue weighted by molar-refractivity contribution is 6.04. The number of amides is 1. The Morgan fingerprint density at radius 3 is 2.48 bits per heavy atom. The van der Waals surface area contributed by atoms with Crippen LogP contribution in [0.5, 0.6) is 0 Å². The van der Waals surface area contributed by atoms with Gasteiger partial charge >= 0.3 is 0 Å². The summed E-state index contributed by atoms with van der Waals surface area (Å²) in [5.74, 6) is 0.763. The van der Waals surface area contributed by atoms with E-state index in [4.69, 9.17) is 9.36 Å². The van der Waals surface area contributed by atoms with Crippen molar-refractivity contribution in [1.29, 1.82) is 0 Å². The molecule has 0 saturated heterocycles. The molecular weight excluding hydrogens is 366 g/mol. The van der Waals surface area contributed by atoms with E-state index in [1.165, 1.54) is 0 Å². The van der Waals surface area contributed by atoms with Crippen molar-refractivity contribution in [3.05, 3.63) is 78.1 Å². The lowest BCUT2D eigenvalue weighted by Gasteiger charge is -2.19. The van der Waals surface area contributed by atoms with Crippen LogP contribution in [0, 0.1) is 0 Å². The maximum absolute atomic E-state index is 12.6. The molecule has 148 valence electrons. The molecule has 4 rings (SSSR count). The van der Waals surface area contributed by atoms with E-state index in [-0.39, 0.29) is 5.91 Å². The van der Waals surface area contributed by atoms with Gasteiger partial charge in [0.1, 0.15) is 11.5 Å². The van der Waals surface area contributed by atoms with Crippen LogP contribution in [0.15, 0.2) is 76.4 Å². The van der Waals surface area contributed by atoms with Crippen LogP contribution in [-0.2, 0) is 16.1 Å². The summed E-state index contributed by atoms with van der Waals surface area (Å²) in [5, 5.41) is 8.22. The lowest BCUT2D eigenvalue weighted by atomic mass is 10.0. The average molecular weight is 389 g/mol. The van der Waals surface area contributed by atoms with Crippen LogP contribution in [0.25, 0.3) is 11.3 Å². The Kier molecular flexibility index (Phi) is 5.70. The highest BCUT2D eigenvalue weighted by Crippen LogP contribution is 2.20. The molecule has 3 aromatic rings. The zero-order valence-electron chi connectivity index (χ0n) is 16.3. The number of likely N-dealkylation sites (N-methyl/N-ethyl adjacent to an activating group) is 1. The Bertz CT molecular complexity index is 983. The van der Waals surface area contributed by atoms with Crippen LogP contribution in [0.2, 0.25) is 0 Å². The van der Waals surface area contributed by atoms with Crippen molar-refractivity contribution in [3.8, 4) is 11.3 Å². The van der Waals surface area contributed by atoms with Gasteiger partial charge in [-0.15, -0.1) is 0 Å². The second-order valence-electron chi connectivity index (χ2n) is 7.11. The fourth-order valence-corrected chi connectivity index (χ4v) is 3.33. The molecule has 1 aromatic heterocycles. The average Bonchev–Trinajstić information content (AvgIpc) is 3.45. The van der Waals surface area contributed by atoms with E-state index in [2.05, 4.69) is 10.3 Å². The van der Waals surface area contributed by atoms with Crippen LogP contribution < -0.4 is 0 Å². The summed E-state index contributed by atoms with van der Waals surface area (Å²) in [6, 6.07) is 21.7. The van der Waals surface area contributed by atoms with Gasteiger partial charge in [-0.3, -0.25) is 4.79 Å². The lowest BCUT2D eigenvalue weighted by molar-refractivity contribution is -0.140. The van der Waals surface area contributed by atoms with Gasteiger partial charge in [0.2, 0.25) is 6.10 Å². The molecule has 2 aromatic carbocycles. The highest BCUT2D eigenvalue weighted by atomic mass is 16.6. The molecule has 0 spiro atoms. The van der Waals surface area contributed by atoms with Gasteiger partial charge in [0.05, 0.1) is 5.71 Å². The Hall–Kier alpha value is -3.41. The Labute approximate surface area is 169 Å². The minimum absolute atomic E-state index is 0.0535. The molecule has 29 heavy (non-hydrogen) atoms. The molecule has 0 aliphatic carbocycles. The SMILES string of the molecule is CN(CCCc1cc(-c2ccccc2)no1)C(=O)C1CC(c2ccccc2)=NO1. The van der Waals surface area contributed by atoms with E-state index >= 15 is 0 Å². The molecule has 1 amide bonds. The van der Waals surface area contributed by atoms with Gasteiger partial charge in [-0.25, -0.2) is 0 Å². The molecule has 6 heteroatoms. The maximum atomic E-state index is 12.6. The van der Waals surface area contributed by atoms with Gasteiger partial charge in [-0.2, -0.15) is 0 Å². The van der Waals surface area contributed by atoms with Gasteiger partial charge in [0.25, 0.3) is 5.91 Å². The number of hydrogen-bond donors (Lipinski definition) is 0. The van der Waals surface area contributed by atoms with E-state index < -0.39 is 6.10 Å². The van der Waals surface area contributed by atoms with Crippen molar-refractivity contribution in [1.82, 2.24) is 10.1 Å². The number of carbonyl (C=O) groups excluding carboxylic acids is 1. The molecule has 0 radical (unpaired) electrons. The van der Waals surface area contributed by atoms with Crippen LogP contribution in [-0.4, -0.2) is 41.4 Å². The second kappa shape index (κ2) is 8.73. The van der Waals surface area contributed by atoms with Gasteiger partial charge in [-0.05, 0) is 12.0 Å². The van der Waals surface area contributed by atoms with Crippen LogP contribution >= 0.6 is 0 Å². The summed E-state index contributed by atoms with van der Waals surface area (Å²) in [7, 11) is 1.79. The van der Waals surface area contributed by atoms with Crippen LogP contribution in [0.1, 0.15) is 24.2 Å². The molecular formula is C23H23N3O3. The number of nitrogens with zero attached hydrogens (tertiary/aromatic N) is 3. The first-order chi connectivity index (χ1) is 14.2. The highest BCUT2D eigenvalue weighted by Gasteiger charge is 2.30. The molecule has 0 N–H and O–H groups in total. The fourth-order valence-electron chi connectivity index (χ4n) is 3.33. The molecule has 1 aliphatic rings. The third-order valence-electron chi connectivity index (χ3n) is 4.97. The maximum Gasteiger partial charge on any atom is 0.266 e. The molecule has 0 bridgehead atoms. The van der Waals surface area contributed by atoms with Crippen LogP contribution in [0.4, 0.5) is 0 Å². The third kappa shape index (κ3) is 4.54. The molecule has 6 nitrogen and oxygen atoms in total. The van der Waals surface area contributed by atoms with E-state index in [0.29, 0.717) is 13.0 Å². The van der Waals surface area contributed by atoms with Crippen molar-refractivity contribution in [2.75, 3.05) is 13.6 Å². The third-order valence-corrected chi connectivity index (χ3v) is 4.97. The molecule has 2 heterocycles. The summed E-state index contributed by atoms with van der Waals surface area (Å²) in [6.45, 7) is 0.612. The smallest absolute Gasteiger partial charge is 0.266 e. The quantitative estimate of drug-likeness (QED) is 0.614. The normalized spacial score (nSPS) is 15.6. The van der Waals surface area contributed by atoms with E-state index in [9.17, 15) is 4.79 Å². The minimum atomic E-state index is -0.551. The predicted octanol–water partition coefficient (Wildman–Crippen LogP) is 3.93. The molecule has 1 atom stereocenters. The summed E-state index contributed by atoms with van der Waals surface area (Å²) < 4.78 is 5.43. The number of oxime groups is 1. The fraction of sp³-hybridized carbons (Fsp3) is 0.261. The van der Waals surface area contributed by atoms with Crippen molar-refractivity contribution < 1.29 is 14.2 Å². The Morgan fingerprint density at radius 1 is 1.07 bits per heavy atom. The first-order valence-electron chi connectivity index (χ1n) is 9.75. The summed E-state index contributed by atoms with van der Waals surface area (Å²) in [4.78, 5) is 19.7. The number of benzene rings is 2. The summed E-state index contributed by atoms with van der Waals surface area (Å²) >= 11 is 0. The van der Waals surface area contributed by atoms with Gasteiger partial charge in [0.15, 0.2) is 0 Å². The zero-order valence-corrected chi connectivity index (χ0v) is 16.3. The van der Waals surface area contributed by atoms with E-state index in [1.807, 2.05) is 66.7 Å². The van der Waals surface area contributed by atoms with E-state index in [0.717, 1.165) is 41.1 Å². The number of aromatic nitrogens is 1. The number of carbonyl (C=O) groups is 1. The number of rotatable bonds is 7. The van der Waals surface area contributed by atoms with Crippen LogP contribution in [0.3, 0.4) is 0 Å². The minimum Gasteiger partial charge on any atom is -0.382 e. The molecule has 0 saturated carbocycles.